The Morgan fingerprint density at radius 2 is 1.74 bits per heavy atom. The second-order valence-corrected chi connectivity index (χ2v) is 13.6. The van der Waals surface area contributed by atoms with E-state index in [-0.39, 0.29) is 11.5 Å². The number of hydroxylamine groups is 2. The minimum absolute atomic E-state index is 0.0294. The molecule has 0 saturated heterocycles. The lowest BCUT2D eigenvalue weighted by Gasteiger charge is -2.63. The van der Waals surface area contributed by atoms with Crippen LogP contribution in [0.1, 0.15) is 91.4 Å². The Morgan fingerprint density at radius 1 is 0.971 bits per heavy atom. The zero-order chi connectivity index (χ0) is 25.4. The molecule has 5 heteroatoms. The van der Waals surface area contributed by atoms with Gasteiger partial charge in [0.2, 0.25) is 0 Å². The topological polar surface area (TPSA) is 56.2 Å². The predicted octanol–water partition coefficient (Wildman–Crippen LogP) is 5.27. The Balaban J connectivity index is 1.38. The zero-order valence-electron chi connectivity index (χ0n) is 23.6. The average Bonchev–Trinajstić information content (AvgIpc) is 3.04. The summed E-state index contributed by atoms with van der Waals surface area (Å²) in [6.07, 6.45) is 14.4. The van der Waals surface area contributed by atoms with Crippen molar-refractivity contribution >= 4 is 0 Å². The van der Waals surface area contributed by atoms with Gasteiger partial charge in [0.25, 0.3) is 0 Å². The van der Waals surface area contributed by atoms with Gasteiger partial charge in [0.05, 0.1) is 18.3 Å². The smallest absolute Gasteiger partial charge is 0.0737 e. The van der Waals surface area contributed by atoms with Crippen LogP contribution in [0.5, 0.6) is 0 Å². The van der Waals surface area contributed by atoms with Crippen LogP contribution in [-0.2, 0) is 4.84 Å². The van der Waals surface area contributed by atoms with Gasteiger partial charge in [-0.3, -0.25) is 4.84 Å². The van der Waals surface area contributed by atoms with Gasteiger partial charge in [-0.2, -0.15) is 5.06 Å². The molecule has 4 aliphatic rings. The number of nitrogens with zero attached hydrogens (tertiary/aromatic N) is 2. The number of allylic oxidation sites excluding steroid dienone is 1. The molecule has 0 aromatic heterocycles. The summed E-state index contributed by atoms with van der Waals surface area (Å²) in [5.74, 6) is 2.12. The summed E-state index contributed by atoms with van der Waals surface area (Å²) in [4.78, 5) is 8.18. The van der Waals surface area contributed by atoms with E-state index in [1.165, 1.54) is 18.4 Å². The van der Waals surface area contributed by atoms with E-state index in [2.05, 4.69) is 45.8 Å². The monoisotopic (exact) mass is 490 g/mol. The molecule has 4 rings (SSSR count). The Bertz CT molecular complexity index is 756. The molecule has 0 aliphatic heterocycles. The molecule has 5 nitrogen and oxygen atoms in total. The number of rotatable bonds is 9. The van der Waals surface area contributed by atoms with E-state index in [4.69, 9.17) is 4.84 Å². The molecule has 0 bridgehead atoms. The van der Waals surface area contributed by atoms with Crippen molar-refractivity contribution in [1.29, 1.82) is 0 Å². The molecular formula is C30H54N2O3. The van der Waals surface area contributed by atoms with Crippen LogP contribution in [0, 0.1) is 34.5 Å². The summed E-state index contributed by atoms with van der Waals surface area (Å²) in [6.45, 7) is 9.84. The van der Waals surface area contributed by atoms with Crippen molar-refractivity contribution in [2.45, 2.75) is 103 Å². The summed E-state index contributed by atoms with van der Waals surface area (Å²) >= 11 is 0. The van der Waals surface area contributed by atoms with E-state index >= 15 is 0 Å². The van der Waals surface area contributed by atoms with Crippen molar-refractivity contribution in [1.82, 2.24) is 9.96 Å². The van der Waals surface area contributed by atoms with Crippen LogP contribution in [0.15, 0.2) is 11.6 Å². The molecule has 8 atom stereocenters. The maximum absolute atomic E-state index is 12.4. The number of likely N-dealkylation sites (N-methyl/N-ethyl adjacent to an activating group) is 1. The van der Waals surface area contributed by atoms with Crippen molar-refractivity contribution in [2.75, 3.05) is 40.8 Å². The van der Waals surface area contributed by atoms with Gasteiger partial charge in [0.15, 0.2) is 0 Å². The summed E-state index contributed by atoms with van der Waals surface area (Å²) in [5.41, 5.74) is 1.08. The van der Waals surface area contributed by atoms with Gasteiger partial charge in [0, 0.05) is 19.0 Å². The predicted molar refractivity (Wildman–Crippen MR) is 143 cm³/mol. The lowest BCUT2D eigenvalue weighted by Crippen LogP contribution is -2.62. The van der Waals surface area contributed by atoms with Crippen molar-refractivity contribution in [3.63, 3.8) is 0 Å². The molecular weight excluding hydrogens is 436 g/mol. The maximum atomic E-state index is 12.4. The molecule has 4 fully saturated rings. The normalized spacial score (nSPS) is 43.8. The SMILES string of the molecule is C/C(=C\C1CC[C@@]2(O)[C@@H]3CCC4CC(O)CC[C@]4(C)[C@@H]3CC[C@]12C)CN(C)OCCCCN(C)C. The Labute approximate surface area is 215 Å². The lowest BCUT2D eigenvalue weighted by molar-refractivity contribution is -0.207. The fraction of sp³-hybridized carbons (Fsp3) is 0.933. The highest BCUT2D eigenvalue weighted by Crippen LogP contribution is 2.69. The summed E-state index contributed by atoms with van der Waals surface area (Å²) < 4.78 is 0. The van der Waals surface area contributed by atoms with E-state index in [0.29, 0.717) is 29.1 Å². The molecule has 3 unspecified atom stereocenters. The largest absolute Gasteiger partial charge is 0.393 e. The number of aliphatic hydroxyl groups excluding tert-OH is 1. The standard InChI is InChI=1S/C30H54N2O3/c1-22(21-32(6)35-18-8-7-17-31(4)5)19-24-11-16-30(34)27-10-9-23-20-25(33)12-14-28(23,2)26(27)13-15-29(24,30)3/h19,23-27,33-34H,7-18,20-21H2,1-6H3/b22-19+/t23?,24?,25?,26-,27-,28+,29-,30-/m1/s1. The van der Waals surface area contributed by atoms with Gasteiger partial charge in [-0.05, 0) is 127 Å². The fourth-order valence-electron chi connectivity index (χ4n) is 9.05. The first-order valence-corrected chi connectivity index (χ1v) is 14.6. The first-order valence-electron chi connectivity index (χ1n) is 14.6. The second-order valence-electron chi connectivity index (χ2n) is 13.6. The van der Waals surface area contributed by atoms with Crippen LogP contribution in [0.4, 0.5) is 0 Å². The van der Waals surface area contributed by atoms with Gasteiger partial charge >= 0.3 is 0 Å². The third-order valence-corrected chi connectivity index (χ3v) is 11.2. The molecule has 35 heavy (non-hydrogen) atoms. The summed E-state index contributed by atoms with van der Waals surface area (Å²) in [6, 6.07) is 0. The van der Waals surface area contributed by atoms with E-state index in [1.807, 2.05) is 12.1 Å². The summed E-state index contributed by atoms with van der Waals surface area (Å²) in [7, 11) is 6.27. The molecule has 4 aliphatic carbocycles. The number of hydrogen-bond donors (Lipinski definition) is 2. The fourth-order valence-corrected chi connectivity index (χ4v) is 9.05. The molecule has 0 radical (unpaired) electrons. The zero-order valence-corrected chi connectivity index (χ0v) is 23.6. The quantitative estimate of drug-likeness (QED) is 0.262. The van der Waals surface area contributed by atoms with E-state index in [0.717, 1.165) is 77.5 Å². The minimum atomic E-state index is -0.545. The van der Waals surface area contributed by atoms with Crippen LogP contribution < -0.4 is 0 Å². The van der Waals surface area contributed by atoms with Crippen molar-refractivity contribution in [2.24, 2.45) is 34.5 Å². The van der Waals surface area contributed by atoms with Gasteiger partial charge in [-0.15, -0.1) is 0 Å². The second kappa shape index (κ2) is 10.7. The van der Waals surface area contributed by atoms with Gasteiger partial charge in [-0.1, -0.05) is 25.5 Å². The first kappa shape index (κ1) is 27.6. The molecule has 0 aromatic rings. The van der Waals surface area contributed by atoms with E-state index < -0.39 is 5.60 Å². The Morgan fingerprint density at radius 3 is 2.49 bits per heavy atom. The molecule has 202 valence electrons. The highest BCUT2D eigenvalue weighted by atomic mass is 16.7. The maximum Gasteiger partial charge on any atom is 0.0737 e. The van der Waals surface area contributed by atoms with Crippen LogP contribution in [0.25, 0.3) is 0 Å². The third kappa shape index (κ3) is 5.27. The molecule has 0 spiro atoms. The van der Waals surface area contributed by atoms with Crippen LogP contribution in [0.3, 0.4) is 0 Å². The number of unbranched alkanes of at least 4 members (excludes halogenated alkanes) is 1. The highest BCUT2D eigenvalue weighted by molar-refractivity contribution is 5.21. The Hall–Kier alpha value is -0.460. The van der Waals surface area contributed by atoms with E-state index in [9.17, 15) is 10.2 Å². The van der Waals surface area contributed by atoms with Gasteiger partial charge < -0.3 is 15.1 Å². The molecule has 4 saturated carbocycles. The molecule has 2 N–H and O–H groups in total. The lowest BCUT2D eigenvalue weighted by atomic mass is 9.43. The van der Waals surface area contributed by atoms with Crippen LogP contribution in [0.2, 0.25) is 0 Å². The molecule has 0 heterocycles. The number of hydrogen-bond acceptors (Lipinski definition) is 5. The van der Waals surface area contributed by atoms with Crippen LogP contribution in [-0.4, -0.2) is 72.7 Å². The average molecular weight is 491 g/mol. The number of aliphatic hydroxyl groups is 2. The third-order valence-electron chi connectivity index (χ3n) is 11.2. The number of fused-ring (bicyclic) bond motifs is 5. The minimum Gasteiger partial charge on any atom is -0.393 e. The van der Waals surface area contributed by atoms with Crippen molar-refractivity contribution < 1.29 is 15.1 Å². The molecule has 0 amide bonds. The van der Waals surface area contributed by atoms with Crippen molar-refractivity contribution in [3.8, 4) is 0 Å². The van der Waals surface area contributed by atoms with Crippen LogP contribution >= 0.6 is 0 Å². The van der Waals surface area contributed by atoms with Gasteiger partial charge in [-0.25, -0.2) is 0 Å². The van der Waals surface area contributed by atoms with Gasteiger partial charge in [0.1, 0.15) is 0 Å². The Kier molecular flexibility index (Phi) is 8.45. The van der Waals surface area contributed by atoms with E-state index in [1.54, 1.807) is 0 Å². The summed E-state index contributed by atoms with van der Waals surface area (Å²) in [5, 5.41) is 24.7. The van der Waals surface area contributed by atoms with Crippen molar-refractivity contribution in [3.05, 3.63) is 11.6 Å². The highest BCUT2D eigenvalue weighted by Gasteiger charge is 2.66. The molecule has 0 aromatic carbocycles. The first-order chi connectivity index (χ1) is 16.5.